The van der Waals surface area contributed by atoms with Gasteiger partial charge in [-0.05, 0) is 59.2 Å². The van der Waals surface area contributed by atoms with E-state index in [0.29, 0.717) is 34.5 Å². The standard InChI is InChI=1S/C22H16F6N2O/c1-12(16-8-17(21(23,24)25)11-18(9-16)22(26,27)28)19-10-15(6-7-30-19)13-2-4-14(5-3-13)20(29)31/h2-12H,1H3,(H2,29,31)/t12-/m1/s1. The molecule has 0 saturated heterocycles. The molecule has 3 nitrogen and oxygen atoms in total. The van der Waals surface area contributed by atoms with E-state index >= 15 is 0 Å². The lowest BCUT2D eigenvalue weighted by Crippen LogP contribution is -2.13. The number of hydrogen-bond donors (Lipinski definition) is 1. The molecule has 0 saturated carbocycles. The molecule has 0 spiro atoms. The summed E-state index contributed by atoms with van der Waals surface area (Å²) in [6, 6.07) is 11.0. The number of carbonyl (C=O) groups excluding carboxylic acids is 1. The SMILES string of the molecule is C[C@H](c1cc(C(F)(F)F)cc(C(F)(F)F)c1)c1cc(-c2ccc(C(N)=O)cc2)ccn1. The summed E-state index contributed by atoms with van der Waals surface area (Å²) in [6.07, 6.45) is -8.43. The molecule has 0 aliphatic heterocycles. The molecule has 2 aromatic carbocycles. The third-order valence-electron chi connectivity index (χ3n) is 4.84. The normalized spacial score (nSPS) is 13.1. The first kappa shape index (κ1) is 22.3. The molecule has 1 amide bonds. The lowest BCUT2D eigenvalue weighted by Gasteiger charge is -2.18. The van der Waals surface area contributed by atoms with Gasteiger partial charge in [0.05, 0.1) is 11.1 Å². The Bertz CT molecular complexity index is 1070. The van der Waals surface area contributed by atoms with E-state index in [4.69, 9.17) is 5.73 Å². The Morgan fingerprint density at radius 2 is 1.39 bits per heavy atom. The van der Waals surface area contributed by atoms with Crippen molar-refractivity contribution < 1.29 is 31.1 Å². The molecule has 0 bridgehead atoms. The molecule has 3 aromatic rings. The van der Waals surface area contributed by atoms with Crippen LogP contribution in [-0.2, 0) is 12.4 Å². The topological polar surface area (TPSA) is 56.0 Å². The number of aromatic nitrogens is 1. The minimum absolute atomic E-state index is 0.0976. The second-order valence-electron chi connectivity index (χ2n) is 6.97. The zero-order chi connectivity index (χ0) is 23.0. The predicted octanol–water partition coefficient (Wildman–Crippen LogP) is 6.04. The van der Waals surface area contributed by atoms with E-state index in [9.17, 15) is 31.1 Å². The van der Waals surface area contributed by atoms with Gasteiger partial charge in [0, 0.05) is 23.4 Å². The van der Waals surface area contributed by atoms with Crippen LogP contribution in [0.25, 0.3) is 11.1 Å². The molecule has 9 heteroatoms. The molecule has 2 N–H and O–H groups in total. The molecule has 0 radical (unpaired) electrons. The lowest BCUT2D eigenvalue weighted by molar-refractivity contribution is -0.143. The van der Waals surface area contributed by atoms with E-state index in [1.807, 2.05) is 0 Å². The van der Waals surface area contributed by atoms with E-state index in [1.165, 1.54) is 25.3 Å². The van der Waals surface area contributed by atoms with Gasteiger partial charge in [0.2, 0.25) is 5.91 Å². The van der Waals surface area contributed by atoms with Crippen LogP contribution in [0, 0.1) is 0 Å². The maximum atomic E-state index is 13.2. The van der Waals surface area contributed by atoms with Crippen molar-refractivity contribution in [3.05, 3.63) is 88.7 Å². The Morgan fingerprint density at radius 1 is 0.839 bits per heavy atom. The van der Waals surface area contributed by atoms with Crippen molar-refractivity contribution in [2.75, 3.05) is 0 Å². The van der Waals surface area contributed by atoms with Crippen LogP contribution < -0.4 is 5.73 Å². The fraction of sp³-hybridized carbons (Fsp3) is 0.182. The summed E-state index contributed by atoms with van der Waals surface area (Å²) >= 11 is 0. The van der Waals surface area contributed by atoms with Gasteiger partial charge in [-0.25, -0.2) is 0 Å². The average Bonchev–Trinajstić information content (AvgIpc) is 2.71. The smallest absolute Gasteiger partial charge is 0.366 e. The van der Waals surface area contributed by atoms with Crippen LogP contribution in [0.2, 0.25) is 0 Å². The van der Waals surface area contributed by atoms with Gasteiger partial charge >= 0.3 is 12.4 Å². The number of primary amides is 1. The zero-order valence-corrected chi connectivity index (χ0v) is 16.1. The molecule has 31 heavy (non-hydrogen) atoms. The van der Waals surface area contributed by atoms with Gasteiger partial charge < -0.3 is 5.73 Å². The van der Waals surface area contributed by atoms with Gasteiger partial charge in [-0.2, -0.15) is 26.3 Å². The Morgan fingerprint density at radius 3 is 1.87 bits per heavy atom. The number of benzene rings is 2. The van der Waals surface area contributed by atoms with Gasteiger partial charge in [0.15, 0.2) is 0 Å². The van der Waals surface area contributed by atoms with Crippen molar-refractivity contribution in [3.8, 4) is 11.1 Å². The number of hydrogen-bond acceptors (Lipinski definition) is 2. The second-order valence-corrected chi connectivity index (χ2v) is 6.97. The van der Waals surface area contributed by atoms with E-state index in [1.54, 1.807) is 24.3 Å². The first-order chi connectivity index (χ1) is 14.4. The molecule has 0 unspecified atom stereocenters. The van der Waals surface area contributed by atoms with Crippen LogP contribution in [0.15, 0.2) is 60.8 Å². The van der Waals surface area contributed by atoms with Crippen molar-refractivity contribution in [1.29, 1.82) is 0 Å². The van der Waals surface area contributed by atoms with Crippen LogP contribution in [0.4, 0.5) is 26.3 Å². The number of pyridine rings is 1. The fourth-order valence-corrected chi connectivity index (χ4v) is 3.09. The molecule has 1 heterocycles. The number of rotatable bonds is 4. The molecular formula is C22H16F6N2O. The van der Waals surface area contributed by atoms with Gasteiger partial charge in [-0.3, -0.25) is 9.78 Å². The number of nitrogens with two attached hydrogens (primary N) is 1. The minimum Gasteiger partial charge on any atom is -0.366 e. The summed E-state index contributed by atoms with van der Waals surface area (Å²) in [4.78, 5) is 15.3. The third kappa shape index (κ3) is 5.04. The van der Waals surface area contributed by atoms with Crippen molar-refractivity contribution >= 4 is 5.91 Å². The highest BCUT2D eigenvalue weighted by molar-refractivity contribution is 5.93. The number of nitrogens with zero attached hydrogens (tertiary/aromatic N) is 1. The van der Waals surface area contributed by atoms with Gasteiger partial charge in [0.1, 0.15) is 0 Å². The number of amides is 1. The van der Waals surface area contributed by atoms with Crippen molar-refractivity contribution in [2.24, 2.45) is 5.73 Å². The fourth-order valence-electron chi connectivity index (χ4n) is 3.09. The quantitative estimate of drug-likeness (QED) is 0.505. The monoisotopic (exact) mass is 438 g/mol. The first-order valence-electron chi connectivity index (χ1n) is 9.02. The summed E-state index contributed by atoms with van der Waals surface area (Å²) in [6.45, 7) is 1.48. The van der Waals surface area contributed by atoms with Gasteiger partial charge in [0.25, 0.3) is 0 Å². The van der Waals surface area contributed by atoms with E-state index in [-0.39, 0.29) is 11.6 Å². The molecule has 1 atom stereocenters. The molecule has 1 aromatic heterocycles. The van der Waals surface area contributed by atoms with Crippen molar-refractivity contribution in [1.82, 2.24) is 4.98 Å². The maximum absolute atomic E-state index is 13.2. The van der Waals surface area contributed by atoms with Crippen LogP contribution in [-0.4, -0.2) is 10.9 Å². The molecule has 162 valence electrons. The Balaban J connectivity index is 2.02. The number of alkyl halides is 6. The zero-order valence-electron chi connectivity index (χ0n) is 16.1. The summed E-state index contributed by atoms with van der Waals surface area (Å²) in [5.74, 6) is -1.44. The number of carbonyl (C=O) groups is 1. The van der Waals surface area contributed by atoms with Crippen LogP contribution in [0.5, 0.6) is 0 Å². The Labute approximate surface area is 173 Å². The van der Waals surface area contributed by atoms with Crippen LogP contribution >= 0.6 is 0 Å². The van der Waals surface area contributed by atoms with E-state index in [0.717, 1.165) is 0 Å². The molecule has 3 rings (SSSR count). The van der Waals surface area contributed by atoms with Gasteiger partial charge in [-0.15, -0.1) is 0 Å². The summed E-state index contributed by atoms with van der Waals surface area (Å²) in [5, 5.41) is 0. The Kier molecular flexibility index (Phi) is 5.80. The molecule has 0 aliphatic rings. The molecule has 0 aliphatic carbocycles. The highest BCUT2D eigenvalue weighted by Crippen LogP contribution is 2.38. The highest BCUT2D eigenvalue weighted by atomic mass is 19.4. The van der Waals surface area contributed by atoms with Crippen molar-refractivity contribution in [3.63, 3.8) is 0 Å². The summed E-state index contributed by atoms with van der Waals surface area (Å²) in [7, 11) is 0. The molecular weight excluding hydrogens is 422 g/mol. The first-order valence-corrected chi connectivity index (χ1v) is 9.02. The minimum atomic E-state index is -4.92. The average molecular weight is 438 g/mol. The maximum Gasteiger partial charge on any atom is 0.416 e. The second kappa shape index (κ2) is 8.05. The number of halogens is 6. The summed E-state index contributed by atoms with van der Waals surface area (Å²) in [5.41, 5.74) is 4.22. The van der Waals surface area contributed by atoms with E-state index in [2.05, 4.69) is 4.98 Å². The molecule has 0 fully saturated rings. The van der Waals surface area contributed by atoms with Crippen molar-refractivity contribution in [2.45, 2.75) is 25.2 Å². The third-order valence-corrected chi connectivity index (χ3v) is 4.84. The van der Waals surface area contributed by atoms with E-state index < -0.39 is 35.3 Å². The van der Waals surface area contributed by atoms with Gasteiger partial charge in [-0.1, -0.05) is 19.1 Å². The van der Waals surface area contributed by atoms with Crippen LogP contribution in [0.3, 0.4) is 0 Å². The highest BCUT2D eigenvalue weighted by Gasteiger charge is 2.37. The Hall–Kier alpha value is -3.36. The van der Waals surface area contributed by atoms with Crippen LogP contribution in [0.1, 0.15) is 45.6 Å². The predicted molar refractivity (Wildman–Crippen MR) is 102 cm³/mol. The summed E-state index contributed by atoms with van der Waals surface area (Å²) < 4.78 is 79.0. The largest absolute Gasteiger partial charge is 0.416 e. The lowest BCUT2D eigenvalue weighted by atomic mass is 9.92.